The van der Waals surface area contributed by atoms with Gasteiger partial charge in [0.25, 0.3) is 5.78 Å². The average Bonchev–Trinajstić information content (AvgIpc) is 2.50. The van der Waals surface area contributed by atoms with Crippen LogP contribution in [0.15, 0.2) is 12.4 Å². The smallest absolute Gasteiger partial charge is 0.255 e. The van der Waals surface area contributed by atoms with Crippen molar-refractivity contribution in [3.05, 3.63) is 17.5 Å². The van der Waals surface area contributed by atoms with Gasteiger partial charge in [0.15, 0.2) is 0 Å². The molecule has 72 valence electrons. The predicted octanol–water partition coefficient (Wildman–Crippen LogP) is 0.736. The van der Waals surface area contributed by atoms with E-state index in [-0.39, 0.29) is 11.1 Å². The van der Waals surface area contributed by atoms with Crippen LogP contribution < -0.4 is 5.32 Å². The second kappa shape index (κ2) is 3.22. The van der Waals surface area contributed by atoms with Crippen LogP contribution in [0.4, 0.5) is 5.82 Å². The van der Waals surface area contributed by atoms with Gasteiger partial charge < -0.3 is 5.32 Å². The van der Waals surface area contributed by atoms with Crippen molar-refractivity contribution >= 4 is 29.1 Å². The van der Waals surface area contributed by atoms with Crippen LogP contribution in [0, 0.1) is 0 Å². The first-order valence-corrected chi connectivity index (χ1v) is 4.18. The van der Waals surface area contributed by atoms with Gasteiger partial charge in [0.2, 0.25) is 5.91 Å². The van der Waals surface area contributed by atoms with Gasteiger partial charge in [0.05, 0.1) is 0 Å². The Morgan fingerprint density at radius 3 is 3.14 bits per heavy atom. The highest BCUT2D eigenvalue weighted by Gasteiger charge is 2.06. The molecule has 0 aliphatic heterocycles. The molecule has 2 aromatic heterocycles. The molecular formula is C7H6ClN5O. The standard InChI is InChI=1S/C7H6ClN5O/c1-4(14)11-6-2-5(8)12-7-9-3-10-13(6)7/h2-3H,1H3,(H,11,14). The number of nitrogens with zero attached hydrogens (tertiary/aromatic N) is 4. The number of fused-ring (bicyclic) bond motifs is 1. The molecule has 6 nitrogen and oxygen atoms in total. The lowest BCUT2D eigenvalue weighted by atomic mass is 10.5. The van der Waals surface area contributed by atoms with Crippen molar-refractivity contribution in [1.29, 1.82) is 0 Å². The molecule has 0 aromatic carbocycles. The molecule has 0 spiro atoms. The minimum Gasteiger partial charge on any atom is -0.311 e. The van der Waals surface area contributed by atoms with Crippen LogP contribution in [0.2, 0.25) is 5.15 Å². The van der Waals surface area contributed by atoms with E-state index in [9.17, 15) is 4.79 Å². The third-order valence-electron chi connectivity index (χ3n) is 1.52. The van der Waals surface area contributed by atoms with Gasteiger partial charge in [0.1, 0.15) is 17.3 Å². The summed E-state index contributed by atoms with van der Waals surface area (Å²) in [6.07, 6.45) is 1.34. The predicted molar refractivity (Wildman–Crippen MR) is 50.1 cm³/mol. The molecule has 0 saturated heterocycles. The lowest BCUT2D eigenvalue weighted by molar-refractivity contribution is -0.114. The maximum absolute atomic E-state index is 10.9. The fourth-order valence-corrected chi connectivity index (χ4v) is 1.23. The lowest BCUT2D eigenvalue weighted by Crippen LogP contribution is -2.10. The van der Waals surface area contributed by atoms with Gasteiger partial charge in [-0.15, -0.1) is 0 Å². The van der Waals surface area contributed by atoms with E-state index >= 15 is 0 Å². The van der Waals surface area contributed by atoms with Gasteiger partial charge in [-0.3, -0.25) is 4.79 Å². The summed E-state index contributed by atoms with van der Waals surface area (Å²) in [6, 6.07) is 1.50. The molecule has 2 rings (SSSR count). The molecule has 7 heteroatoms. The van der Waals surface area contributed by atoms with E-state index in [2.05, 4.69) is 20.4 Å². The van der Waals surface area contributed by atoms with Crippen LogP contribution in [-0.4, -0.2) is 25.5 Å². The second-order valence-electron chi connectivity index (χ2n) is 2.62. The number of amides is 1. The Balaban J connectivity index is 2.60. The van der Waals surface area contributed by atoms with Crippen molar-refractivity contribution in [3.63, 3.8) is 0 Å². The van der Waals surface area contributed by atoms with Crippen LogP contribution in [0.25, 0.3) is 5.78 Å². The van der Waals surface area contributed by atoms with Gasteiger partial charge >= 0.3 is 0 Å². The Hall–Kier alpha value is -1.69. The lowest BCUT2D eigenvalue weighted by Gasteiger charge is -2.03. The molecule has 0 atom stereocenters. The van der Waals surface area contributed by atoms with Crippen molar-refractivity contribution in [1.82, 2.24) is 19.6 Å². The SMILES string of the molecule is CC(=O)Nc1cc(Cl)nc2ncnn12. The number of rotatable bonds is 1. The monoisotopic (exact) mass is 211 g/mol. The topological polar surface area (TPSA) is 72.2 Å². The summed E-state index contributed by atoms with van der Waals surface area (Å²) in [5.74, 6) is 0.593. The Morgan fingerprint density at radius 2 is 2.43 bits per heavy atom. The number of nitrogens with one attached hydrogen (secondary N) is 1. The number of hydrogen-bond acceptors (Lipinski definition) is 4. The molecule has 0 aliphatic rings. The summed E-state index contributed by atoms with van der Waals surface area (Å²) < 4.78 is 1.40. The summed E-state index contributed by atoms with van der Waals surface area (Å²) in [6.45, 7) is 1.40. The van der Waals surface area contributed by atoms with E-state index in [1.54, 1.807) is 0 Å². The zero-order valence-corrected chi connectivity index (χ0v) is 7.99. The molecular weight excluding hydrogens is 206 g/mol. The van der Waals surface area contributed by atoms with Gasteiger partial charge in [-0.25, -0.2) is 0 Å². The van der Waals surface area contributed by atoms with E-state index in [1.807, 2.05) is 0 Å². The number of hydrogen-bond donors (Lipinski definition) is 1. The maximum Gasteiger partial charge on any atom is 0.255 e. The third-order valence-corrected chi connectivity index (χ3v) is 1.72. The minimum absolute atomic E-state index is 0.205. The Kier molecular flexibility index (Phi) is 2.05. The van der Waals surface area contributed by atoms with E-state index in [1.165, 1.54) is 23.8 Å². The summed E-state index contributed by atoms with van der Waals surface area (Å²) >= 11 is 5.72. The number of anilines is 1. The highest BCUT2D eigenvalue weighted by atomic mass is 35.5. The van der Waals surface area contributed by atoms with E-state index in [0.717, 1.165) is 0 Å². The molecule has 14 heavy (non-hydrogen) atoms. The molecule has 1 N–H and O–H groups in total. The largest absolute Gasteiger partial charge is 0.311 e. The van der Waals surface area contributed by atoms with Crippen LogP contribution in [0.3, 0.4) is 0 Å². The number of halogens is 1. The van der Waals surface area contributed by atoms with Crippen LogP contribution in [0.5, 0.6) is 0 Å². The normalized spacial score (nSPS) is 10.4. The summed E-state index contributed by atoms with van der Waals surface area (Å²) in [5, 5.41) is 6.71. The number of aromatic nitrogens is 4. The fraction of sp³-hybridized carbons (Fsp3) is 0.143. The molecule has 0 fully saturated rings. The first-order chi connectivity index (χ1) is 6.66. The van der Waals surface area contributed by atoms with Crippen molar-refractivity contribution in [2.24, 2.45) is 0 Å². The van der Waals surface area contributed by atoms with Crippen molar-refractivity contribution in [2.45, 2.75) is 6.92 Å². The molecule has 1 amide bonds. The zero-order valence-electron chi connectivity index (χ0n) is 7.23. The first kappa shape index (κ1) is 8.89. The molecule has 2 heterocycles. The van der Waals surface area contributed by atoms with Crippen molar-refractivity contribution in [2.75, 3.05) is 5.32 Å². The van der Waals surface area contributed by atoms with Crippen LogP contribution >= 0.6 is 11.6 Å². The summed E-state index contributed by atoms with van der Waals surface area (Å²) in [4.78, 5) is 18.6. The first-order valence-electron chi connectivity index (χ1n) is 3.80. The Bertz CT molecular complexity index is 494. The van der Waals surface area contributed by atoms with Crippen molar-refractivity contribution in [3.8, 4) is 0 Å². The molecule has 0 unspecified atom stereocenters. The number of carbonyl (C=O) groups is 1. The fourth-order valence-electron chi connectivity index (χ4n) is 1.05. The molecule has 0 aliphatic carbocycles. The second-order valence-corrected chi connectivity index (χ2v) is 3.00. The van der Waals surface area contributed by atoms with E-state index < -0.39 is 0 Å². The third kappa shape index (κ3) is 1.51. The molecule has 0 bridgehead atoms. The summed E-state index contributed by atoms with van der Waals surface area (Å²) in [5.41, 5.74) is 0. The zero-order chi connectivity index (χ0) is 10.1. The average molecular weight is 212 g/mol. The van der Waals surface area contributed by atoms with Crippen LogP contribution in [-0.2, 0) is 4.79 Å². The highest BCUT2D eigenvalue weighted by molar-refractivity contribution is 6.29. The van der Waals surface area contributed by atoms with E-state index in [4.69, 9.17) is 11.6 Å². The van der Waals surface area contributed by atoms with E-state index in [0.29, 0.717) is 11.6 Å². The molecule has 2 aromatic rings. The van der Waals surface area contributed by atoms with Gasteiger partial charge in [-0.1, -0.05) is 11.6 Å². The minimum atomic E-state index is -0.205. The van der Waals surface area contributed by atoms with Gasteiger partial charge in [0, 0.05) is 13.0 Å². The maximum atomic E-state index is 10.9. The van der Waals surface area contributed by atoms with Gasteiger partial charge in [-0.05, 0) is 0 Å². The van der Waals surface area contributed by atoms with Crippen molar-refractivity contribution < 1.29 is 4.79 Å². The Morgan fingerprint density at radius 1 is 1.64 bits per heavy atom. The molecule has 0 radical (unpaired) electrons. The highest BCUT2D eigenvalue weighted by Crippen LogP contribution is 2.13. The number of carbonyl (C=O) groups excluding carboxylic acids is 1. The van der Waals surface area contributed by atoms with Gasteiger partial charge in [-0.2, -0.15) is 19.6 Å². The van der Waals surface area contributed by atoms with Crippen LogP contribution in [0.1, 0.15) is 6.92 Å². The molecule has 0 saturated carbocycles. The quantitative estimate of drug-likeness (QED) is 0.706. The summed E-state index contributed by atoms with van der Waals surface area (Å²) in [7, 11) is 0. The Labute approximate surface area is 83.9 Å².